The van der Waals surface area contributed by atoms with E-state index in [-0.39, 0.29) is 49.5 Å². The lowest BCUT2D eigenvalue weighted by atomic mass is 10.1. The van der Waals surface area contributed by atoms with E-state index in [1.807, 2.05) is 12.2 Å². The van der Waals surface area contributed by atoms with Crippen molar-refractivity contribution in [1.29, 1.82) is 0 Å². The van der Waals surface area contributed by atoms with Gasteiger partial charge in [0, 0.05) is 19.3 Å². The predicted molar refractivity (Wildman–Crippen MR) is 194 cm³/mol. The second-order valence-corrected chi connectivity index (χ2v) is 13.1. The molecule has 0 heterocycles. The molecule has 2 unspecified atom stereocenters. The number of hydrogen-bond acceptors (Lipinski definition) is 7. The maximum atomic E-state index is 12.6. The molecule has 48 heavy (non-hydrogen) atoms. The summed E-state index contributed by atoms with van der Waals surface area (Å²) in [5.74, 6) is -1.90. The average molecular weight is 674 g/mol. The Balaban J connectivity index is 4.62. The van der Waals surface area contributed by atoms with Crippen LogP contribution in [0, 0.1) is 0 Å². The Kier molecular flexibility index (Phi) is 29.4. The van der Waals surface area contributed by atoms with Gasteiger partial charge in [-0.05, 0) is 57.8 Å². The average Bonchev–Trinajstić information content (AvgIpc) is 3.03. The number of carbonyl (C=O) groups excluding carboxylic acids is 3. The van der Waals surface area contributed by atoms with Crippen LogP contribution < -0.4 is 5.11 Å². The first-order valence-corrected chi connectivity index (χ1v) is 18.3. The minimum Gasteiger partial charge on any atom is -0.544 e. The highest BCUT2D eigenvalue weighted by atomic mass is 16.6. The highest BCUT2D eigenvalue weighted by Crippen LogP contribution is 2.10. The zero-order valence-corrected chi connectivity index (χ0v) is 30.9. The van der Waals surface area contributed by atoms with E-state index in [1.165, 1.54) is 38.5 Å². The number of likely N-dealkylation sites (N-methyl/N-ethyl adjacent to an activating group) is 1. The van der Waals surface area contributed by atoms with Gasteiger partial charge in [-0.2, -0.15) is 0 Å². The van der Waals surface area contributed by atoms with Gasteiger partial charge in [0.05, 0.1) is 40.3 Å². The zero-order chi connectivity index (χ0) is 35.7. The van der Waals surface area contributed by atoms with Gasteiger partial charge in [-0.3, -0.25) is 9.59 Å². The molecule has 0 amide bonds. The van der Waals surface area contributed by atoms with E-state index < -0.39 is 24.1 Å². The number of ether oxygens (including phenoxy) is 3. The molecule has 0 aromatic heterocycles. The van der Waals surface area contributed by atoms with Crippen LogP contribution in [0.15, 0.2) is 60.8 Å². The van der Waals surface area contributed by atoms with Gasteiger partial charge >= 0.3 is 11.9 Å². The lowest BCUT2D eigenvalue weighted by Gasteiger charge is -2.34. The van der Waals surface area contributed by atoms with Gasteiger partial charge in [0.2, 0.25) is 0 Å². The molecule has 0 saturated carbocycles. The molecule has 0 rings (SSSR count). The van der Waals surface area contributed by atoms with Crippen LogP contribution in [0.3, 0.4) is 0 Å². The maximum Gasteiger partial charge on any atom is 0.306 e. The Morgan fingerprint density at radius 2 is 1.21 bits per heavy atom. The second-order valence-electron chi connectivity index (χ2n) is 13.1. The Bertz CT molecular complexity index is 975. The molecule has 0 bridgehead atoms. The minimum atomic E-state index is -1.14. The van der Waals surface area contributed by atoms with E-state index in [9.17, 15) is 19.5 Å². The van der Waals surface area contributed by atoms with Crippen molar-refractivity contribution in [2.45, 2.75) is 135 Å². The molecule has 0 radical (unpaired) electrons. The Labute approximate surface area is 292 Å². The van der Waals surface area contributed by atoms with Crippen LogP contribution >= 0.6 is 0 Å². The molecule has 8 nitrogen and oxygen atoms in total. The molecule has 0 aliphatic heterocycles. The SMILES string of the molecule is CC/C=C/C/C=C/C/C=C/CCCC(=O)OCC(COCCC(C(=O)[O-])[N+](C)(C)C)OC(=O)CC/C=C/C/C=C/CCCCCCCC. The quantitative estimate of drug-likeness (QED) is 0.0321. The van der Waals surface area contributed by atoms with Crippen LogP contribution in [-0.4, -0.2) is 75.5 Å². The number of hydrogen-bond donors (Lipinski definition) is 0. The Hall–Kier alpha value is -2.97. The van der Waals surface area contributed by atoms with Crippen LogP contribution in [0.5, 0.6) is 0 Å². The summed E-state index contributed by atoms with van der Waals surface area (Å²) in [6, 6.07) is -0.742. The molecule has 0 fully saturated rings. The number of carboxylic acid groups (broad SMARTS) is 1. The Morgan fingerprint density at radius 3 is 1.81 bits per heavy atom. The maximum absolute atomic E-state index is 12.6. The fraction of sp³-hybridized carbons (Fsp3) is 0.675. The first kappa shape index (κ1) is 45.0. The summed E-state index contributed by atoms with van der Waals surface area (Å²) in [7, 11) is 5.35. The van der Waals surface area contributed by atoms with Crippen LogP contribution in [0.2, 0.25) is 0 Å². The van der Waals surface area contributed by atoms with E-state index in [0.29, 0.717) is 12.8 Å². The highest BCUT2D eigenvalue weighted by molar-refractivity contribution is 5.70. The molecule has 8 heteroatoms. The number of esters is 2. The third kappa shape index (κ3) is 29.2. The number of nitrogens with zero attached hydrogens (tertiary/aromatic N) is 1. The fourth-order valence-electron chi connectivity index (χ4n) is 4.79. The number of rotatable bonds is 31. The first-order chi connectivity index (χ1) is 23.1. The van der Waals surface area contributed by atoms with E-state index >= 15 is 0 Å². The van der Waals surface area contributed by atoms with Crippen LogP contribution in [0.25, 0.3) is 0 Å². The summed E-state index contributed by atoms with van der Waals surface area (Å²) < 4.78 is 16.9. The molecule has 0 aromatic rings. The van der Waals surface area contributed by atoms with E-state index in [4.69, 9.17) is 14.2 Å². The number of quaternary nitrogens is 1. The largest absolute Gasteiger partial charge is 0.544 e. The lowest BCUT2D eigenvalue weighted by Crippen LogP contribution is -2.55. The monoisotopic (exact) mass is 673 g/mol. The zero-order valence-electron chi connectivity index (χ0n) is 30.9. The normalized spacial score (nSPS) is 13.8. The Morgan fingerprint density at radius 1 is 0.646 bits per heavy atom. The van der Waals surface area contributed by atoms with Crippen molar-refractivity contribution in [1.82, 2.24) is 0 Å². The molecule has 0 spiro atoms. The molecule has 274 valence electrons. The summed E-state index contributed by atoms with van der Waals surface area (Å²) in [5, 5.41) is 11.6. The fourth-order valence-corrected chi connectivity index (χ4v) is 4.79. The highest BCUT2D eigenvalue weighted by Gasteiger charge is 2.25. The standard InChI is InChI=1S/C40H67NO7/c1-6-8-10-12-14-16-18-19-21-23-25-27-29-31-39(43)48-36(34-46-33-32-37(40(44)45)41(3,4)5)35-47-38(42)30-28-26-24-22-20-17-15-13-11-9-7-2/h9,11,15,17,19,21-22,24-25,27,36-37H,6-8,10,12-14,16,18,20,23,26,28-35H2,1-5H3/b11-9+,17-15+,21-19+,24-22+,27-25+. The van der Waals surface area contributed by atoms with Gasteiger partial charge in [-0.25, -0.2) is 0 Å². The van der Waals surface area contributed by atoms with Gasteiger partial charge < -0.3 is 28.6 Å². The number of unbranched alkanes of at least 4 members (excludes halogenated alkanes) is 7. The van der Waals surface area contributed by atoms with Gasteiger partial charge in [0.1, 0.15) is 12.6 Å². The van der Waals surface area contributed by atoms with E-state index in [2.05, 4.69) is 62.5 Å². The van der Waals surface area contributed by atoms with Crippen LogP contribution in [-0.2, 0) is 28.6 Å². The first-order valence-electron chi connectivity index (χ1n) is 18.3. The summed E-state index contributed by atoms with van der Waals surface area (Å²) >= 11 is 0. The number of allylic oxidation sites excluding steroid dienone is 10. The summed E-state index contributed by atoms with van der Waals surface area (Å²) in [6.07, 6.45) is 35.6. The van der Waals surface area contributed by atoms with Gasteiger partial charge in [0.15, 0.2) is 6.10 Å². The number of aliphatic carboxylic acids is 1. The van der Waals surface area contributed by atoms with Crippen molar-refractivity contribution < 1.29 is 38.2 Å². The molecule has 0 saturated heterocycles. The van der Waals surface area contributed by atoms with Crippen LogP contribution in [0.1, 0.15) is 123 Å². The van der Waals surface area contributed by atoms with Crippen molar-refractivity contribution in [3.05, 3.63) is 60.8 Å². The molecule has 0 N–H and O–H groups in total. The van der Waals surface area contributed by atoms with Crippen molar-refractivity contribution in [2.75, 3.05) is 41.0 Å². The summed E-state index contributed by atoms with van der Waals surface area (Å²) in [6.45, 7) is 4.38. The van der Waals surface area contributed by atoms with E-state index in [0.717, 1.165) is 38.5 Å². The predicted octanol–water partition coefficient (Wildman–Crippen LogP) is 7.74. The topological polar surface area (TPSA) is 102 Å². The lowest BCUT2D eigenvalue weighted by molar-refractivity contribution is -0.889. The third-order valence-corrected chi connectivity index (χ3v) is 7.65. The summed E-state index contributed by atoms with van der Waals surface area (Å²) in [5.41, 5.74) is 0. The number of carboxylic acids is 1. The smallest absolute Gasteiger partial charge is 0.306 e. The minimum absolute atomic E-state index is 0.000338. The summed E-state index contributed by atoms with van der Waals surface area (Å²) in [4.78, 5) is 36.5. The van der Waals surface area contributed by atoms with Gasteiger partial charge in [0.25, 0.3) is 0 Å². The number of carbonyl (C=O) groups is 3. The van der Waals surface area contributed by atoms with Gasteiger partial charge in [-0.1, -0.05) is 107 Å². The van der Waals surface area contributed by atoms with Crippen molar-refractivity contribution in [2.24, 2.45) is 0 Å². The van der Waals surface area contributed by atoms with Crippen molar-refractivity contribution in [3.8, 4) is 0 Å². The molecule has 0 aliphatic rings. The molecular weight excluding hydrogens is 606 g/mol. The third-order valence-electron chi connectivity index (χ3n) is 7.65. The van der Waals surface area contributed by atoms with Gasteiger partial charge in [-0.15, -0.1) is 0 Å². The second kappa shape index (κ2) is 31.3. The van der Waals surface area contributed by atoms with Crippen LogP contribution in [0.4, 0.5) is 0 Å². The molecule has 2 atom stereocenters. The van der Waals surface area contributed by atoms with E-state index in [1.54, 1.807) is 21.1 Å². The van der Waals surface area contributed by atoms with Crippen molar-refractivity contribution in [3.63, 3.8) is 0 Å². The molecule has 0 aliphatic carbocycles. The van der Waals surface area contributed by atoms with Crippen molar-refractivity contribution >= 4 is 17.9 Å². The molecule has 0 aromatic carbocycles. The molecular formula is C40H67NO7.